The van der Waals surface area contributed by atoms with Crippen molar-refractivity contribution in [3.05, 3.63) is 63.7 Å². The van der Waals surface area contributed by atoms with Crippen molar-refractivity contribution in [2.75, 3.05) is 11.9 Å². The number of hydrogen-bond donors (Lipinski definition) is 2. The first-order chi connectivity index (χ1) is 11.5. The van der Waals surface area contributed by atoms with Crippen LogP contribution in [0.3, 0.4) is 0 Å². The average Bonchev–Trinajstić information content (AvgIpc) is 2.54. The predicted octanol–water partition coefficient (Wildman–Crippen LogP) is 2.98. The number of nitro benzene ring substituents is 1. The molecule has 0 atom stereocenters. The van der Waals surface area contributed by atoms with E-state index in [9.17, 15) is 19.7 Å². The Morgan fingerprint density at radius 3 is 2.54 bits per heavy atom. The Labute approximate surface area is 141 Å². The largest absolute Gasteiger partial charge is 0.477 e. The molecule has 0 aliphatic carbocycles. The van der Waals surface area contributed by atoms with Crippen LogP contribution in [0.15, 0.2) is 48.5 Å². The number of para-hydroxylation sites is 1. The normalized spacial score (nSPS) is 9.88. The van der Waals surface area contributed by atoms with E-state index >= 15 is 0 Å². The molecule has 0 fully saturated rings. The van der Waals surface area contributed by atoms with E-state index in [0.717, 1.165) is 6.07 Å². The molecule has 2 N–H and O–H groups in total. The number of ether oxygens (including phenoxy) is 1. The molecule has 3 amide bonds. The van der Waals surface area contributed by atoms with E-state index in [-0.39, 0.29) is 16.5 Å². The minimum Gasteiger partial charge on any atom is -0.477 e. The standard InChI is InChI=1S/C15H12ClN3O5/c16-10-6-7-13(12(8-10)19(22)23)24-9-14(20)18-15(21)17-11-4-2-1-3-5-11/h1-8H,9H2,(H2,17,18,20,21). The summed E-state index contributed by atoms with van der Waals surface area (Å²) >= 11 is 5.68. The van der Waals surface area contributed by atoms with Crippen LogP contribution in [0.1, 0.15) is 0 Å². The summed E-state index contributed by atoms with van der Waals surface area (Å²) in [4.78, 5) is 33.5. The summed E-state index contributed by atoms with van der Waals surface area (Å²) < 4.78 is 5.07. The Hall–Kier alpha value is -3.13. The lowest BCUT2D eigenvalue weighted by Crippen LogP contribution is -2.37. The predicted molar refractivity (Wildman–Crippen MR) is 87.2 cm³/mol. The Balaban J connectivity index is 1.89. The number of nitrogens with zero attached hydrogens (tertiary/aromatic N) is 1. The second-order valence-corrected chi connectivity index (χ2v) is 4.96. The summed E-state index contributed by atoms with van der Waals surface area (Å²) in [6.07, 6.45) is 0. The van der Waals surface area contributed by atoms with Crippen LogP contribution in [-0.4, -0.2) is 23.5 Å². The van der Waals surface area contributed by atoms with Gasteiger partial charge in [0.25, 0.3) is 5.91 Å². The summed E-state index contributed by atoms with van der Waals surface area (Å²) in [5, 5.41) is 15.6. The number of anilines is 1. The Morgan fingerprint density at radius 2 is 1.88 bits per heavy atom. The smallest absolute Gasteiger partial charge is 0.325 e. The molecule has 0 aliphatic rings. The minimum atomic E-state index is -0.757. The van der Waals surface area contributed by atoms with Gasteiger partial charge < -0.3 is 10.1 Å². The summed E-state index contributed by atoms with van der Waals surface area (Å²) in [6.45, 7) is -0.565. The lowest BCUT2D eigenvalue weighted by atomic mass is 10.3. The molecule has 0 radical (unpaired) electrons. The van der Waals surface area contributed by atoms with E-state index in [0.29, 0.717) is 5.69 Å². The zero-order chi connectivity index (χ0) is 17.5. The monoisotopic (exact) mass is 349 g/mol. The molecule has 0 spiro atoms. The van der Waals surface area contributed by atoms with Gasteiger partial charge in [-0.05, 0) is 24.3 Å². The first kappa shape index (κ1) is 17.2. The first-order valence-corrected chi connectivity index (χ1v) is 7.06. The van der Waals surface area contributed by atoms with Gasteiger partial charge in [-0.2, -0.15) is 0 Å². The highest BCUT2D eigenvalue weighted by Gasteiger charge is 2.17. The first-order valence-electron chi connectivity index (χ1n) is 6.68. The fraction of sp³-hybridized carbons (Fsp3) is 0.0667. The van der Waals surface area contributed by atoms with Gasteiger partial charge in [0.05, 0.1) is 4.92 Å². The van der Waals surface area contributed by atoms with Crippen LogP contribution in [0.25, 0.3) is 0 Å². The molecule has 0 aromatic heterocycles. The van der Waals surface area contributed by atoms with E-state index in [2.05, 4.69) is 5.32 Å². The topological polar surface area (TPSA) is 111 Å². The summed E-state index contributed by atoms with van der Waals surface area (Å²) in [5.41, 5.74) is 0.140. The van der Waals surface area contributed by atoms with Crippen molar-refractivity contribution in [3.63, 3.8) is 0 Å². The Kier molecular flexibility index (Phi) is 5.69. The van der Waals surface area contributed by atoms with Gasteiger partial charge in [-0.15, -0.1) is 0 Å². The third-order valence-electron chi connectivity index (χ3n) is 2.76. The molecule has 0 saturated carbocycles. The molecule has 0 heterocycles. The number of rotatable bonds is 5. The number of halogens is 1. The van der Waals surface area contributed by atoms with Crippen molar-refractivity contribution >= 4 is 34.9 Å². The van der Waals surface area contributed by atoms with Gasteiger partial charge in [-0.1, -0.05) is 29.8 Å². The van der Waals surface area contributed by atoms with Crippen LogP contribution in [0.5, 0.6) is 5.75 Å². The highest BCUT2D eigenvalue weighted by atomic mass is 35.5. The highest BCUT2D eigenvalue weighted by Crippen LogP contribution is 2.29. The molecule has 2 aromatic rings. The Morgan fingerprint density at radius 1 is 1.17 bits per heavy atom. The van der Waals surface area contributed by atoms with E-state index in [1.807, 2.05) is 5.32 Å². The maximum atomic E-state index is 11.7. The summed E-state index contributed by atoms with van der Waals surface area (Å²) in [5.74, 6) is -0.879. The van der Waals surface area contributed by atoms with Gasteiger partial charge in [0.2, 0.25) is 0 Å². The summed E-state index contributed by atoms with van der Waals surface area (Å²) in [7, 11) is 0. The third kappa shape index (κ3) is 4.96. The van der Waals surface area contributed by atoms with Gasteiger partial charge in [-0.3, -0.25) is 20.2 Å². The zero-order valence-corrected chi connectivity index (χ0v) is 12.9. The van der Waals surface area contributed by atoms with Crippen LogP contribution in [0, 0.1) is 10.1 Å². The van der Waals surface area contributed by atoms with Crippen molar-refractivity contribution < 1.29 is 19.2 Å². The van der Waals surface area contributed by atoms with Crippen LogP contribution in [0.2, 0.25) is 5.02 Å². The lowest BCUT2D eigenvalue weighted by Gasteiger charge is -2.08. The molecular formula is C15H12ClN3O5. The molecule has 8 nitrogen and oxygen atoms in total. The number of hydrogen-bond acceptors (Lipinski definition) is 5. The van der Waals surface area contributed by atoms with E-state index in [4.69, 9.17) is 16.3 Å². The molecule has 0 bridgehead atoms. The maximum Gasteiger partial charge on any atom is 0.325 e. The zero-order valence-electron chi connectivity index (χ0n) is 12.2. The van der Waals surface area contributed by atoms with Crippen molar-refractivity contribution in [3.8, 4) is 5.75 Å². The van der Waals surface area contributed by atoms with Crippen LogP contribution < -0.4 is 15.4 Å². The molecule has 24 heavy (non-hydrogen) atoms. The number of urea groups is 1. The highest BCUT2D eigenvalue weighted by molar-refractivity contribution is 6.30. The van der Waals surface area contributed by atoms with Crippen LogP contribution in [-0.2, 0) is 4.79 Å². The fourth-order valence-corrected chi connectivity index (χ4v) is 1.91. The molecule has 2 rings (SSSR count). The number of benzene rings is 2. The maximum absolute atomic E-state index is 11.7. The minimum absolute atomic E-state index is 0.122. The van der Waals surface area contributed by atoms with E-state index in [1.165, 1.54) is 12.1 Å². The van der Waals surface area contributed by atoms with Crippen LogP contribution >= 0.6 is 11.6 Å². The molecule has 9 heteroatoms. The fourth-order valence-electron chi connectivity index (χ4n) is 1.75. The Bertz CT molecular complexity index is 767. The van der Waals surface area contributed by atoms with Gasteiger partial charge in [0.15, 0.2) is 12.4 Å². The SMILES string of the molecule is O=C(COc1ccc(Cl)cc1[N+](=O)[O-])NC(=O)Nc1ccccc1. The van der Waals surface area contributed by atoms with Crippen LogP contribution in [0.4, 0.5) is 16.2 Å². The molecule has 0 aliphatic heterocycles. The quantitative estimate of drug-likeness (QED) is 0.636. The number of imide groups is 1. The number of carbonyl (C=O) groups is 2. The second kappa shape index (κ2) is 7.93. The number of amides is 3. The van der Waals surface area contributed by atoms with Crippen molar-refractivity contribution in [2.45, 2.75) is 0 Å². The van der Waals surface area contributed by atoms with Gasteiger partial charge in [-0.25, -0.2) is 4.79 Å². The van der Waals surface area contributed by atoms with Gasteiger partial charge >= 0.3 is 11.7 Å². The molecule has 0 unspecified atom stereocenters. The summed E-state index contributed by atoms with van der Waals surface area (Å²) in [6, 6.07) is 11.6. The van der Waals surface area contributed by atoms with Crippen molar-refractivity contribution in [2.24, 2.45) is 0 Å². The number of nitro groups is 1. The molecule has 124 valence electrons. The third-order valence-corrected chi connectivity index (χ3v) is 3.00. The van der Waals surface area contributed by atoms with E-state index in [1.54, 1.807) is 30.3 Å². The molecule has 2 aromatic carbocycles. The van der Waals surface area contributed by atoms with Crippen molar-refractivity contribution in [1.29, 1.82) is 0 Å². The van der Waals surface area contributed by atoms with Gasteiger partial charge in [0, 0.05) is 16.8 Å². The second-order valence-electron chi connectivity index (χ2n) is 4.53. The molecular weight excluding hydrogens is 338 g/mol. The molecule has 0 saturated heterocycles. The number of carbonyl (C=O) groups excluding carboxylic acids is 2. The number of nitrogens with one attached hydrogen (secondary N) is 2. The average molecular weight is 350 g/mol. The van der Waals surface area contributed by atoms with Crippen molar-refractivity contribution in [1.82, 2.24) is 5.32 Å². The lowest BCUT2D eigenvalue weighted by molar-refractivity contribution is -0.385. The van der Waals surface area contributed by atoms with Gasteiger partial charge in [0.1, 0.15) is 0 Å². The van der Waals surface area contributed by atoms with E-state index < -0.39 is 23.5 Å².